The van der Waals surface area contributed by atoms with Crippen LogP contribution in [0.15, 0.2) is 35.3 Å². The summed E-state index contributed by atoms with van der Waals surface area (Å²) in [6.45, 7) is 4.88. The molecule has 1 aromatic heterocycles. The number of nitrogens with zero attached hydrogens (tertiary/aromatic N) is 2. The number of halogens is 2. The minimum Gasteiger partial charge on any atom is -0.352 e. The van der Waals surface area contributed by atoms with Crippen molar-refractivity contribution in [2.45, 2.75) is 26.9 Å². The highest BCUT2D eigenvalue weighted by Gasteiger charge is 2.09. The first-order valence-electron chi connectivity index (χ1n) is 8.65. The van der Waals surface area contributed by atoms with E-state index >= 15 is 0 Å². The van der Waals surface area contributed by atoms with Crippen molar-refractivity contribution >= 4 is 40.8 Å². The van der Waals surface area contributed by atoms with Gasteiger partial charge in [-0.05, 0) is 23.8 Å². The molecule has 1 amide bonds. The third-order valence-corrected chi connectivity index (χ3v) is 4.92. The van der Waals surface area contributed by atoms with Crippen LogP contribution in [0.1, 0.15) is 25.1 Å². The lowest BCUT2D eigenvalue weighted by Crippen LogP contribution is -2.36. The van der Waals surface area contributed by atoms with Crippen molar-refractivity contribution in [1.29, 1.82) is 0 Å². The molecule has 0 fully saturated rings. The van der Waals surface area contributed by atoms with Crippen molar-refractivity contribution in [3.8, 4) is 0 Å². The third kappa shape index (κ3) is 5.91. The second kappa shape index (κ2) is 9.67. The van der Waals surface area contributed by atoms with E-state index in [0.29, 0.717) is 29.2 Å². The van der Waals surface area contributed by atoms with E-state index in [0.717, 1.165) is 16.9 Å². The molecule has 0 radical (unpaired) electrons. The molecule has 3 N–H and O–H groups in total. The van der Waals surface area contributed by atoms with Gasteiger partial charge in [-0.15, -0.1) is 0 Å². The summed E-state index contributed by atoms with van der Waals surface area (Å²) >= 11 is 12.1. The second-order valence-corrected chi connectivity index (χ2v) is 7.22. The topological polar surface area (TPSA) is 70.4 Å². The van der Waals surface area contributed by atoms with Gasteiger partial charge in [0.05, 0.1) is 11.6 Å². The fourth-order valence-electron chi connectivity index (χ4n) is 2.33. The van der Waals surface area contributed by atoms with Crippen LogP contribution in [-0.4, -0.2) is 23.5 Å². The first kappa shape index (κ1) is 21.1. The Morgan fingerprint density at radius 3 is 2.30 bits per heavy atom. The average molecular weight is 410 g/mol. The molecule has 0 atom stereocenters. The van der Waals surface area contributed by atoms with Crippen LogP contribution < -0.4 is 16.0 Å². The van der Waals surface area contributed by atoms with E-state index < -0.39 is 0 Å². The van der Waals surface area contributed by atoms with Crippen molar-refractivity contribution in [1.82, 2.24) is 15.2 Å². The smallest absolute Gasteiger partial charge is 0.226 e. The lowest BCUT2D eigenvalue weighted by Gasteiger charge is -2.13. The predicted molar refractivity (Wildman–Crippen MR) is 112 cm³/mol. The van der Waals surface area contributed by atoms with E-state index in [4.69, 9.17) is 23.2 Å². The van der Waals surface area contributed by atoms with Gasteiger partial charge in [-0.1, -0.05) is 49.2 Å². The summed E-state index contributed by atoms with van der Waals surface area (Å²) in [6.07, 6.45) is 0. The molecule has 2 rings (SSSR count). The molecule has 0 aliphatic carbocycles. The third-order valence-electron chi connectivity index (χ3n) is 4.08. The van der Waals surface area contributed by atoms with E-state index in [9.17, 15) is 4.79 Å². The Labute approximate surface area is 170 Å². The molecule has 1 heterocycles. The zero-order chi connectivity index (χ0) is 20.0. The Morgan fingerprint density at radius 2 is 1.78 bits per heavy atom. The normalized spacial score (nSPS) is 11.6. The van der Waals surface area contributed by atoms with E-state index in [1.165, 1.54) is 0 Å². The molecule has 0 saturated carbocycles. The standard InChI is InChI=1S/C19H25Cl2N5O/c1-12(2)18(27)25-14-7-5-13(6-8-14)10-23-19(22-3)24-11-15-9-16(20)17(21)26(15)4/h5-9,12H,10-11H2,1-4H3,(H,25,27)(H2,22,23,24). The number of aliphatic imine (C=N–C) groups is 1. The first-order valence-corrected chi connectivity index (χ1v) is 9.41. The van der Waals surface area contributed by atoms with Crippen LogP contribution in [0, 0.1) is 5.92 Å². The van der Waals surface area contributed by atoms with Crippen LogP contribution in [0.4, 0.5) is 5.69 Å². The highest BCUT2D eigenvalue weighted by molar-refractivity contribution is 6.41. The Bertz CT molecular complexity index is 812. The van der Waals surface area contributed by atoms with Crippen molar-refractivity contribution in [2.24, 2.45) is 18.0 Å². The van der Waals surface area contributed by atoms with Gasteiger partial charge in [0.25, 0.3) is 0 Å². The number of benzene rings is 1. The van der Waals surface area contributed by atoms with E-state index in [1.54, 1.807) is 7.05 Å². The summed E-state index contributed by atoms with van der Waals surface area (Å²) in [6, 6.07) is 9.54. The highest BCUT2D eigenvalue weighted by Crippen LogP contribution is 2.24. The largest absolute Gasteiger partial charge is 0.352 e. The molecule has 0 unspecified atom stereocenters. The van der Waals surface area contributed by atoms with Gasteiger partial charge < -0.3 is 20.5 Å². The molecule has 0 saturated heterocycles. The number of anilines is 1. The first-order chi connectivity index (χ1) is 12.8. The van der Waals surface area contributed by atoms with Crippen LogP contribution in [0.5, 0.6) is 0 Å². The fraction of sp³-hybridized carbons (Fsp3) is 0.368. The summed E-state index contributed by atoms with van der Waals surface area (Å²) in [5.41, 5.74) is 2.82. The number of guanidine groups is 1. The van der Waals surface area contributed by atoms with Gasteiger partial charge in [0.1, 0.15) is 5.15 Å². The summed E-state index contributed by atoms with van der Waals surface area (Å²) in [4.78, 5) is 15.9. The maximum Gasteiger partial charge on any atom is 0.226 e. The van der Waals surface area contributed by atoms with Gasteiger partial charge in [0.15, 0.2) is 5.96 Å². The zero-order valence-electron chi connectivity index (χ0n) is 15.9. The predicted octanol–water partition coefficient (Wildman–Crippen LogP) is 3.79. The maximum absolute atomic E-state index is 11.7. The zero-order valence-corrected chi connectivity index (χ0v) is 17.4. The molecular weight excluding hydrogens is 385 g/mol. The molecule has 146 valence electrons. The molecule has 27 heavy (non-hydrogen) atoms. The SMILES string of the molecule is CN=C(NCc1ccc(NC(=O)C(C)C)cc1)NCc1cc(Cl)c(Cl)n1C. The Hall–Kier alpha value is -2.18. The van der Waals surface area contributed by atoms with Crippen LogP contribution in [0.3, 0.4) is 0 Å². The molecule has 1 aromatic carbocycles. The number of rotatable bonds is 6. The molecule has 2 aromatic rings. The Balaban J connectivity index is 1.86. The second-order valence-electron chi connectivity index (χ2n) is 6.45. The lowest BCUT2D eigenvalue weighted by molar-refractivity contribution is -0.118. The number of hydrogen-bond acceptors (Lipinski definition) is 2. The average Bonchev–Trinajstić information content (AvgIpc) is 2.90. The van der Waals surface area contributed by atoms with E-state index in [2.05, 4.69) is 20.9 Å². The number of amides is 1. The van der Waals surface area contributed by atoms with Gasteiger partial charge >= 0.3 is 0 Å². The number of carbonyl (C=O) groups excluding carboxylic acids is 1. The molecule has 0 aliphatic heterocycles. The number of carbonyl (C=O) groups is 1. The molecule has 0 bridgehead atoms. The van der Waals surface area contributed by atoms with Crippen LogP contribution in [0.2, 0.25) is 10.2 Å². The number of nitrogens with one attached hydrogen (secondary N) is 3. The van der Waals surface area contributed by atoms with Gasteiger partial charge in [-0.2, -0.15) is 0 Å². The summed E-state index contributed by atoms with van der Waals surface area (Å²) in [5.74, 6) is 0.627. The maximum atomic E-state index is 11.7. The van der Waals surface area contributed by atoms with E-state index in [-0.39, 0.29) is 11.8 Å². The monoisotopic (exact) mass is 409 g/mol. The van der Waals surface area contributed by atoms with Gasteiger partial charge in [0, 0.05) is 37.9 Å². The quantitative estimate of drug-likeness (QED) is 0.501. The minimum atomic E-state index is -0.0465. The van der Waals surface area contributed by atoms with Crippen molar-refractivity contribution < 1.29 is 4.79 Å². The van der Waals surface area contributed by atoms with Crippen molar-refractivity contribution in [3.63, 3.8) is 0 Å². The van der Waals surface area contributed by atoms with Gasteiger partial charge in [-0.25, -0.2) is 0 Å². The van der Waals surface area contributed by atoms with Crippen LogP contribution in [-0.2, 0) is 24.9 Å². The summed E-state index contributed by atoms with van der Waals surface area (Å²) in [7, 11) is 3.58. The van der Waals surface area contributed by atoms with Crippen LogP contribution >= 0.6 is 23.2 Å². The van der Waals surface area contributed by atoms with Gasteiger partial charge in [0.2, 0.25) is 5.91 Å². The van der Waals surface area contributed by atoms with Crippen molar-refractivity contribution in [3.05, 3.63) is 51.8 Å². The minimum absolute atomic E-state index is 0.00589. The molecule has 0 aliphatic rings. The molecular formula is C19H25Cl2N5O. The molecule has 6 nitrogen and oxygen atoms in total. The summed E-state index contributed by atoms with van der Waals surface area (Å²) in [5, 5.41) is 10.4. The Kier molecular flexibility index (Phi) is 7.56. The van der Waals surface area contributed by atoms with Gasteiger partial charge in [-0.3, -0.25) is 9.79 Å². The summed E-state index contributed by atoms with van der Waals surface area (Å²) < 4.78 is 1.83. The van der Waals surface area contributed by atoms with E-state index in [1.807, 2.05) is 55.8 Å². The number of aromatic nitrogens is 1. The lowest BCUT2D eigenvalue weighted by atomic mass is 10.1. The van der Waals surface area contributed by atoms with Crippen molar-refractivity contribution in [2.75, 3.05) is 12.4 Å². The Morgan fingerprint density at radius 1 is 1.15 bits per heavy atom. The molecule has 8 heteroatoms. The molecule has 0 spiro atoms. The fourth-order valence-corrected chi connectivity index (χ4v) is 2.75. The highest BCUT2D eigenvalue weighted by atomic mass is 35.5. The number of hydrogen-bond donors (Lipinski definition) is 3. The van der Waals surface area contributed by atoms with Crippen LogP contribution in [0.25, 0.3) is 0 Å².